The van der Waals surface area contributed by atoms with Gasteiger partial charge in [0, 0.05) is 26.9 Å². The lowest BCUT2D eigenvalue weighted by atomic mass is 10.1. The molecule has 0 saturated carbocycles. The van der Waals surface area contributed by atoms with Crippen LogP contribution >= 0.6 is 0 Å². The fourth-order valence-corrected chi connectivity index (χ4v) is 2.86. The van der Waals surface area contributed by atoms with Crippen LogP contribution in [0.5, 0.6) is 0 Å². The number of carbonyl (C=O) groups excluding carboxylic acids is 1. The van der Waals surface area contributed by atoms with E-state index >= 15 is 0 Å². The average molecular weight is 375 g/mol. The number of ether oxygens (including phenoxy) is 4. The molecule has 156 valence electrons. The smallest absolute Gasteiger partial charge is 0.293 e. The van der Waals surface area contributed by atoms with Gasteiger partial charge >= 0.3 is 0 Å². The van der Waals surface area contributed by atoms with Crippen LogP contribution in [0.2, 0.25) is 0 Å². The fourth-order valence-electron chi connectivity index (χ4n) is 2.86. The van der Waals surface area contributed by atoms with Crippen LogP contribution in [0, 0.1) is 0 Å². The molecule has 0 aromatic carbocycles. The zero-order chi connectivity index (χ0) is 19.0. The minimum atomic E-state index is 0.416. The maximum absolute atomic E-state index is 9.97. The van der Waals surface area contributed by atoms with Crippen molar-refractivity contribution < 1.29 is 23.7 Å². The summed E-state index contributed by atoms with van der Waals surface area (Å²) in [6, 6.07) is 0. The summed E-state index contributed by atoms with van der Waals surface area (Å²) in [6.07, 6.45) is 17.2. The summed E-state index contributed by atoms with van der Waals surface area (Å²) in [4.78, 5) is 9.97. The van der Waals surface area contributed by atoms with Gasteiger partial charge in [-0.25, -0.2) is 0 Å². The molecule has 26 heavy (non-hydrogen) atoms. The second-order valence-electron chi connectivity index (χ2n) is 6.84. The zero-order valence-corrected chi connectivity index (χ0v) is 17.1. The van der Waals surface area contributed by atoms with E-state index in [1.54, 1.807) is 7.11 Å². The highest BCUT2D eigenvalue weighted by Crippen LogP contribution is 2.09. The molecule has 0 rings (SSSR count). The molecule has 0 aliphatic heterocycles. The van der Waals surface area contributed by atoms with Crippen LogP contribution in [0.25, 0.3) is 0 Å². The van der Waals surface area contributed by atoms with Crippen LogP contribution in [0.15, 0.2) is 0 Å². The second kappa shape index (κ2) is 24.4. The molecule has 0 unspecified atom stereocenters. The van der Waals surface area contributed by atoms with Gasteiger partial charge < -0.3 is 18.9 Å². The lowest BCUT2D eigenvalue weighted by Gasteiger charge is -2.05. The van der Waals surface area contributed by atoms with Crippen LogP contribution in [0.4, 0.5) is 0 Å². The Kier molecular flexibility index (Phi) is 23.7. The monoisotopic (exact) mass is 374 g/mol. The van der Waals surface area contributed by atoms with Gasteiger partial charge in [-0.3, -0.25) is 4.79 Å². The summed E-state index contributed by atoms with van der Waals surface area (Å²) in [5.41, 5.74) is 0. The van der Waals surface area contributed by atoms with Crippen molar-refractivity contribution in [3.05, 3.63) is 0 Å². The van der Waals surface area contributed by atoms with Gasteiger partial charge in [0.25, 0.3) is 6.47 Å². The van der Waals surface area contributed by atoms with Gasteiger partial charge in [-0.1, -0.05) is 64.2 Å². The highest BCUT2D eigenvalue weighted by molar-refractivity contribution is 5.36. The van der Waals surface area contributed by atoms with Gasteiger partial charge in [0.1, 0.15) is 6.79 Å². The Labute approximate surface area is 161 Å². The van der Waals surface area contributed by atoms with Crippen molar-refractivity contribution in [1.82, 2.24) is 0 Å². The summed E-state index contributed by atoms with van der Waals surface area (Å²) in [5, 5.41) is 0. The van der Waals surface area contributed by atoms with Gasteiger partial charge in [-0.05, 0) is 25.7 Å². The Morgan fingerprint density at radius 2 is 0.923 bits per heavy atom. The highest BCUT2D eigenvalue weighted by atomic mass is 16.7. The summed E-state index contributed by atoms with van der Waals surface area (Å²) in [6.45, 7) is 4.16. The number of carbonyl (C=O) groups is 1. The summed E-state index contributed by atoms with van der Waals surface area (Å²) in [5.74, 6) is 0. The van der Waals surface area contributed by atoms with E-state index in [1.165, 1.54) is 70.6 Å². The molecule has 0 saturated heterocycles. The molecular formula is C21H42O5. The molecular weight excluding hydrogens is 332 g/mol. The van der Waals surface area contributed by atoms with Crippen molar-refractivity contribution in [2.24, 2.45) is 0 Å². The first-order valence-electron chi connectivity index (χ1n) is 10.6. The highest BCUT2D eigenvalue weighted by Gasteiger charge is 1.95. The Morgan fingerprint density at radius 1 is 0.538 bits per heavy atom. The van der Waals surface area contributed by atoms with Crippen LogP contribution in [-0.4, -0.2) is 46.8 Å². The van der Waals surface area contributed by atoms with E-state index in [1.807, 2.05) is 0 Å². The third-order valence-electron chi connectivity index (χ3n) is 4.40. The molecule has 0 aliphatic rings. The Hall–Kier alpha value is -0.650. The van der Waals surface area contributed by atoms with Crippen LogP contribution in [-0.2, 0) is 23.7 Å². The van der Waals surface area contributed by atoms with Gasteiger partial charge in [0.05, 0.1) is 6.61 Å². The molecule has 0 bridgehead atoms. The number of rotatable bonds is 23. The Morgan fingerprint density at radius 3 is 1.35 bits per heavy atom. The first-order valence-corrected chi connectivity index (χ1v) is 10.6. The number of unbranched alkanes of at least 4 members (excludes halogenated alkanes) is 12. The largest absolute Gasteiger partial charge is 0.468 e. The number of hydrogen-bond acceptors (Lipinski definition) is 5. The molecule has 0 radical (unpaired) electrons. The third kappa shape index (κ3) is 23.4. The van der Waals surface area contributed by atoms with Gasteiger partial charge in [0.15, 0.2) is 0 Å². The fraction of sp³-hybridized carbons (Fsp3) is 0.952. The molecule has 0 amide bonds. The van der Waals surface area contributed by atoms with Crippen molar-refractivity contribution in [2.75, 3.05) is 40.3 Å². The first-order chi connectivity index (χ1) is 12.9. The van der Waals surface area contributed by atoms with Gasteiger partial charge in [0.2, 0.25) is 0 Å². The summed E-state index contributed by atoms with van der Waals surface area (Å²) >= 11 is 0. The van der Waals surface area contributed by atoms with Crippen molar-refractivity contribution in [1.29, 1.82) is 0 Å². The quantitative estimate of drug-likeness (QED) is 0.139. The van der Waals surface area contributed by atoms with E-state index in [4.69, 9.17) is 14.2 Å². The maximum atomic E-state index is 9.97. The van der Waals surface area contributed by atoms with Crippen LogP contribution < -0.4 is 0 Å². The SMILES string of the molecule is COCOCCCCCCCCCOCCCCCCCCCOC=O. The van der Waals surface area contributed by atoms with E-state index in [9.17, 15) is 4.79 Å². The number of hydrogen-bond donors (Lipinski definition) is 0. The molecule has 5 heteroatoms. The molecule has 0 fully saturated rings. The van der Waals surface area contributed by atoms with Crippen LogP contribution in [0.3, 0.4) is 0 Å². The molecule has 0 aromatic heterocycles. The lowest BCUT2D eigenvalue weighted by molar-refractivity contribution is -0.128. The molecule has 5 nitrogen and oxygen atoms in total. The van der Waals surface area contributed by atoms with Crippen LogP contribution in [0.1, 0.15) is 89.9 Å². The summed E-state index contributed by atoms with van der Waals surface area (Å²) < 4.78 is 20.5. The first kappa shape index (κ1) is 25.4. The van der Waals surface area contributed by atoms with E-state index < -0.39 is 0 Å². The zero-order valence-electron chi connectivity index (χ0n) is 17.1. The molecule has 0 aliphatic carbocycles. The van der Waals surface area contributed by atoms with Crippen molar-refractivity contribution in [3.8, 4) is 0 Å². The molecule has 0 spiro atoms. The van der Waals surface area contributed by atoms with Gasteiger partial charge in [-0.2, -0.15) is 0 Å². The maximum Gasteiger partial charge on any atom is 0.293 e. The van der Waals surface area contributed by atoms with Gasteiger partial charge in [-0.15, -0.1) is 0 Å². The van der Waals surface area contributed by atoms with E-state index in [0.717, 1.165) is 39.1 Å². The van der Waals surface area contributed by atoms with E-state index in [0.29, 0.717) is 19.9 Å². The molecule has 0 heterocycles. The van der Waals surface area contributed by atoms with Crippen molar-refractivity contribution in [2.45, 2.75) is 89.9 Å². The number of methoxy groups -OCH3 is 1. The van der Waals surface area contributed by atoms with E-state index in [2.05, 4.69) is 4.74 Å². The molecule has 0 aromatic rings. The van der Waals surface area contributed by atoms with Crippen molar-refractivity contribution >= 4 is 6.47 Å². The predicted octanol–water partition coefficient (Wildman–Crippen LogP) is 5.26. The normalized spacial score (nSPS) is 11.0. The average Bonchev–Trinajstić information content (AvgIpc) is 2.66. The Balaban J connectivity index is 2.96. The summed E-state index contributed by atoms with van der Waals surface area (Å²) in [7, 11) is 1.66. The minimum absolute atomic E-state index is 0.416. The topological polar surface area (TPSA) is 54.0 Å². The minimum Gasteiger partial charge on any atom is -0.468 e. The molecule has 0 N–H and O–H groups in total. The lowest BCUT2D eigenvalue weighted by Crippen LogP contribution is -1.98. The van der Waals surface area contributed by atoms with E-state index in [-0.39, 0.29) is 0 Å². The molecule has 0 atom stereocenters. The second-order valence-corrected chi connectivity index (χ2v) is 6.84. The third-order valence-corrected chi connectivity index (χ3v) is 4.40. The van der Waals surface area contributed by atoms with Crippen molar-refractivity contribution in [3.63, 3.8) is 0 Å². The standard InChI is InChI=1S/C21H42O5/c1-23-21-26-19-15-11-7-3-5-9-13-17-24-16-12-8-4-2-6-10-14-18-25-20-22/h20H,2-19,21H2,1H3. The Bertz CT molecular complexity index is 261. The predicted molar refractivity (Wildman–Crippen MR) is 105 cm³/mol.